The summed E-state index contributed by atoms with van der Waals surface area (Å²) in [5.74, 6) is 3.31. The molecule has 0 bridgehead atoms. The third-order valence-corrected chi connectivity index (χ3v) is 7.59. The van der Waals surface area contributed by atoms with E-state index in [2.05, 4.69) is 18.1 Å². The molecule has 4 rings (SSSR count). The molecule has 128 valence electrons. The zero-order chi connectivity index (χ0) is 16.2. The number of hydrogen-bond donors (Lipinski definition) is 1. The monoisotopic (exact) mass is 316 g/mol. The molecule has 1 N–H and O–H groups in total. The topological polar surface area (TPSA) is 35.8 Å². The van der Waals surface area contributed by atoms with Crippen molar-refractivity contribution in [1.82, 2.24) is 5.01 Å². The Labute approximate surface area is 140 Å². The highest BCUT2D eigenvalue weighted by molar-refractivity contribution is 5.96. The minimum absolute atomic E-state index is 0.0458. The predicted octanol–water partition coefficient (Wildman–Crippen LogP) is 3.84. The Balaban J connectivity index is 1.57. The Bertz CT molecular complexity index is 538. The molecule has 0 amide bonds. The molecule has 6 atom stereocenters. The van der Waals surface area contributed by atoms with Crippen molar-refractivity contribution in [2.75, 3.05) is 14.1 Å². The number of fused-ring (bicyclic) bond motifs is 5. The van der Waals surface area contributed by atoms with E-state index in [-0.39, 0.29) is 11.5 Å². The van der Waals surface area contributed by atoms with Gasteiger partial charge in [-0.1, -0.05) is 12.5 Å². The first-order valence-corrected chi connectivity index (χ1v) is 9.62. The first kappa shape index (κ1) is 15.7. The van der Waals surface area contributed by atoms with Crippen molar-refractivity contribution in [1.29, 1.82) is 0 Å². The lowest BCUT2D eigenvalue weighted by Gasteiger charge is -2.53. The van der Waals surface area contributed by atoms with Crippen LogP contribution in [0.25, 0.3) is 0 Å². The van der Waals surface area contributed by atoms with Gasteiger partial charge in [-0.05, 0) is 86.5 Å². The molecule has 0 saturated heterocycles. The van der Waals surface area contributed by atoms with Crippen LogP contribution in [0.5, 0.6) is 0 Å². The van der Waals surface area contributed by atoms with E-state index in [9.17, 15) is 5.11 Å². The Hall–Kier alpha value is -0.830. The smallest absolute Gasteiger partial charge is 0.0605 e. The van der Waals surface area contributed by atoms with Crippen LogP contribution in [0.2, 0.25) is 0 Å². The highest BCUT2D eigenvalue weighted by atomic mass is 16.3. The average molecular weight is 316 g/mol. The van der Waals surface area contributed by atoms with Crippen LogP contribution in [0.4, 0.5) is 0 Å². The van der Waals surface area contributed by atoms with Crippen LogP contribution in [-0.4, -0.2) is 36.0 Å². The Morgan fingerprint density at radius 3 is 2.70 bits per heavy atom. The van der Waals surface area contributed by atoms with Crippen LogP contribution in [0.3, 0.4) is 0 Å². The van der Waals surface area contributed by atoms with E-state index in [0.717, 1.165) is 36.5 Å². The van der Waals surface area contributed by atoms with Gasteiger partial charge in [0.05, 0.1) is 11.8 Å². The second-order valence-corrected chi connectivity index (χ2v) is 8.91. The normalized spacial score (nSPS) is 47.6. The number of aliphatic hydroxyl groups excluding tert-OH is 1. The van der Waals surface area contributed by atoms with Crippen molar-refractivity contribution in [2.45, 2.75) is 64.4 Å². The van der Waals surface area contributed by atoms with Crippen molar-refractivity contribution >= 4 is 5.71 Å². The van der Waals surface area contributed by atoms with Crippen LogP contribution in [0, 0.1) is 29.1 Å². The average Bonchev–Trinajstić information content (AvgIpc) is 2.82. The van der Waals surface area contributed by atoms with Crippen LogP contribution >= 0.6 is 0 Å². The summed E-state index contributed by atoms with van der Waals surface area (Å²) in [4.78, 5) is 0. The molecular weight excluding hydrogens is 284 g/mol. The van der Waals surface area contributed by atoms with Crippen molar-refractivity contribution in [2.24, 2.45) is 34.2 Å². The Morgan fingerprint density at radius 1 is 1.09 bits per heavy atom. The number of rotatable bonds is 1. The molecule has 4 aliphatic carbocycles. The number of aliphatic hydroxyl groups is 1. The molecule has 23 heavy (non-hydrogen) atoms. The summed E-state index contributed by atoms with van der Waals surface area (Å²) in [5, 5.41) is 17.1. The molecule has 3 heteroatoms. The fraction of sp³-hybridized carbons (Fsp3) is 0.850. The van der Waals surface area contributed by atoms with E-state index < -0.39 is 0 Å². The summed E-state index contributed by atoms with van der Waals surface area (Å²) in [6, 6.07) is 0. The molecule has 4 aliphatic rings. The lowest BCUT2D eigenvalue weighted by atomic mass is 9.52. The second kappa shape index (κ2) is 5.61. The minimum Gasteiger partial charge on any atom is -0.393 e. The summed E-state index contributed by atoms with van der Waals surface area (Å²) in [6.45, 7) is 2.37. The highest BCUT2D eigenvalue weighted by Crippen LogP contribution is 2.61. The molecule has 0 radical (unpaired) electrons. The number of hydrogen-bond acceptors (Lipinski definition) is 3. The summed E-state index contributed by atoms with van der Waals surface area (Å²) in [7, 11) is 4.03. The lowest BCUT2D eigenvalue weighted by Crippen LogP contribution is -2.47. The van der Waals surface area contributed by atoms with Gasteiger partial charge in [-0.15, -0.1) is 0 Å². The first-order chi connectivity index (χ1) is 11.0. The van der Waals surface area contributed by atoms with E-state index in [4.69, 9.17) is 0 Å². The molecule has 3 nitrogen and oxygen atoms in total. The number of hydrazone groups is 1. The minimum atomic E-state index is -0.0458. The Kier molecular flexibility index (Phi) is 3.83. The lowest BCUT2D eigenvalue weighted by molar-refractivity contribution is -0.0525. The number of nitrogens with zero attached hydrogens (tertiary/aromatic N) is 2. The molecule has 3 saturated carbocycles. The fourth-order valence-corrected chi connectivity index (χ4v) is 6.50. The Morgan fingerprint density at radius 2 is 1.91 bits per heavy atom. The van der Waals surface area contributed by atoms with Gasteiger partial charge in [0.15, 0.2) is 0 Å². The van der Waals surface area contributed by atoms with Gasteiger partial charge in [0.2, 0.25) is 0 Å². The SMILES string of the molecule is CN(C)/N=C1/C=C2CCC3C(CCC4(C)C(O)CCC34)C2CC1. The van der Waals surface area contributed by atoms with Crippen LogP contribution in [-0.2, 0) is 0 Å². The molecule has 0 spiro atoms. The predicted molar refractivity (Wildman–Crippen MR) is 94.2 cm³/mol. The van der Waals surface area contributed by atoms with Gasteiger partial charge in [-0.3, -0.25) is 0 Å². The maximum Gasteiger partial charge on any atom is 0.0605 e. The molecule has 0 aliphatic heterocycles. The second-order valence-electron chi connectivity index (χ2n) is 8.91. The van der Waals surface area contributed by atoms with Crippen molar-refractivity contribution in [3.8, 4) is 0 Å². The maximum atomic E-state index is 10.5. The molecule has 3 fully saturated rings. The largest absolute Gasteiger partial charge is 0.393 e. The summed E-state index contributed by atoms with van der Waals surface area (Å²) in [6.07, 6.45) is 12.3. The standard InChI is InChI=1S/C20H32N2O/c1-20-11-10-16-15-7-5-14(21-22(2)3)12-13(15)4-6-17(16)18(20)8-9-19(20)23/h12,15-19,23H,4-11H2,1-3H3/b21-14+. The van der Waals surface area contributed by atoms with Gasteiger partial charge in [-0.25, -0.2) is 0 Å². The van der Waals surface area contributed by atoms with E-state index in [0.29, 0.717) is 0 Å². The van der Waals surface area contributed by atoms with E-state index in [1.54, 1.807) is 5.57 Å². The van der Waals surface area contributed by atoms with Crippen LogP contribution < -0.4 is 0 Å². The molecule has 0 aromatic carbocycles. The van der Waals surface area contributed by atoms with Crippen molar-refractivity contribution in [3.63, 3.8) is 0 Å². The molecule has 0 aromatic rings. The van der Waals surface area contributed by atoms with E-state index in [1.165, 1.54) is 44.2 Å². The zero-order valence-electron chi connectivity index (χ0n) is 15.0. The number of allylic oxidation sites excluding steroid dienone is 2. The molecule has 6 unspecified atom stereocenters. The summed E-state index contributed by atoms with van der Waals surface area (Å²) < 4.78 is 0. The van der Waals surface area contributed by atoms with E-state index in [1.807, 2.05) is 19.1 Å². The fourth-order valence-electron chi connectivity index (χ4n) is 6.50. The molecule has 0 aromatic heterocycles. The zero-order valence-corrected chi connectivity index (χ0v) is 15.0. The van der Waals surface area contributed by atoms with Crippen LogP contribution in [0.1, 0.15) is 58.3 Å². The van der Waals surface area contributed by atoms with Gasteiger partial charge in [-0.2, -0.15) is 5.10 Å². The van der Waals surface area contributed by atoms with Crippen LogP contribution in [0.15, 0.2) is 16.8 Å². The molecule has 0 heterocycles. The third kappa shape index (κ3) is 2.47. The summed E-state index contributed by atoms with van der Waals surface area (Å²) >= 11 is 0. The van der Waals surface area contributed by atoms with Crippen molar-refractivity contribution < 1.29 is 5.11 Å². The quantitative estimate of drug-likeness (QED) is 0.746. The third-order valence-electron chi connectivity index (χ3n) is 7.59. The maximum absolute atomic E-state index is 10.5. The molecular formula is C20H32N2O. The van der Waals surface area contributed by atoms with Gasteiger partial charge in [0.1, 0.15) is 0 Å². The first-order valence-electron chi connectivity index (χ1n) is 9.62. The van der Waals surface area contributed by atoms with Gasteiger partial charge in [0, 0.05) is 14.1 Å². The summed E-state index contributed by atoms with van der Waals surface area (Å²) in [5.41, 5.74) is 3.17. The highest BCUT2D eigenvalue weighted by Gasteiger charge is 2.55. The van der Waals surface area contributed by atoms with E-state index >= 15 is 0 Å². The van der Waals surface area contributed by atoms with Gasteiger partial charge >= 0.3 is 0 Å². The van der Waals surface area contributed by atoms with Gasteiger partial charge < -0.3 is 10.1 Å². The van der Waals surface area contributed by atoms with Crippen molar-refractivity contribution in [3.05, 3.63) is 11.6 Å². The van der Waals surface area contributed by atoms with Gasteiger partial charge in [0.25, 0.3) is 0 Å².